The summed E-state index contributed by atoms with van der Waals surface area (Å²) in [7, 11) is 0. The van der Waals surface area contributed by atoms with E-state index in [1.807, 2.05) is 6.92 Å². The Hall–Kier alpha value is 0.0743. The Morgan fingerprint density at radius 2 is 1.67 bits per heavy atom. The summed E-state index contributed by atoms with van der Waals surface area (Å²) in [6.45, 7) is 11.4. The summed E-state index contributed by atoms with van der Waals surface area (Å²) in [5, 5.41) is 9.60. The van der Waals surface area contributed by atoms with E-state index >= 15 is 0 Å². The minimum absolute atomic E-state index is 0. The molecular formula is C11H20O3Ti. The van der Waals surface area contributed by atoms with Crippen LogP contribution in [0.15, 0.2) is 25.3 Å². The molecule has 0 radical (unpaired) electrons. The molecule has 86 valence electrons. The molecule has 0 saturated heterocycles. The molecule has 0 aromatic rings. The van der Waals surface area contributed by atoms with Crippen LogP contribution in [0.25, 0.3) is 0 Å². The first-order valence-electron chi connectivity index (χ1n) is 4.80. The summed E-state index contributed by atoms with van der Waals surface area (Å²) in [4.78, 5) is 0. The van der Waals surface area contributed by atoms with E-state index in [9.17, 15) is 5.11 Å². The Balaban J connectivity index is 0. The molecule has 0 rings (SSSR count). The third-order valence-corrected chi connectivity index (χ3v) is 2.02. The normalized spacial score (nSPS) is 12.7. The van der Waals surface area contributed by atoms with Crippen LogP contribution < -0.4 is 0 Å². The van der Waals surface area contributed by atoms with Gasteiger partial charge in [0.25, 0.3) is 0 Å². The molecule has 1 N–H and O–H groups in total. The van der Waals surface area contributed by atoms with Crippen molar-refractivity contribution in [1.82, 2.24) is 0 Å². The van der Waals surface area contributed by atoms with Crippen molar-refractivity contribution in [1.29, 1.82) is 0 Å². The Bertz CT molecular complexity index is 169. The molecule has 0 amide bonds. The molecule has 0 aromatic carbocycles. The third kappa shape index (κ3) is 5.64. The van der Waals surface area contributed by atoms with Gasteiger partial charge >= 0.3 is 0 Å². The van der Waals surface area contributed by atoms with E-state index in [2.05, 4.69) is 13.2 Å². The summed E-state index contributed by atoms with van der Waals surface area (Å²) in [6.07, 6.45) is 3.15. The maximum Gasteiger partial charge on any atom is 0.194 e. The molecule has 0 spiro atoms. The summed E-state index contributed by atoms with van der Waals surface area (Å²) < 4.78 is 10.9. The zero-order valence-corrected chi connectivity index (χ0v) is 11.1. The molecule has 0 aliphatic heterocycles. The number of ether oxygens (including phenoxy) is 2. The zero-order valence-electron chi connectivity index (χ0n) is 9.53. The van der Waals surface area contributed by atoms with Crippen molar-refractivity contribution in [2.75, 3.05) is 13.2 Å². The molecule has 0 aliphatic carbocycles. The fourth-order valence-electron chi connectivity index (χ4n) is 1.18. The molecule has 0 heterocycles. The SMILES string of the molecule is C=CCOC(CC)(OCC=C)C(C)O.[Ti]. The van der Waals surface area contributed by atoms with E-state index in [1.54, 1.807) is 19.1 Å². The molecule has 0 fully saturated rings. The van der Waals surface area contributed by atoms with Crippen molar-refractivity contribution in [2.45, 2.75) is 32.2 Å². The second-order valence-corrected chi connectivity index (χ2v) is 3.04. The van der Waals surface area contributed by atoms with Gasteiger partial charge in [-0.2, -0.15) is 0 Å². The smallest absolute Gasteiger partial charge is 0.194 e. The maximum atomic E-state index is 9.60. The first-order valence-corrected chi connectivity index (χ1v) is 4.80. The van der Waals surface area contributed by atoms with Crippen LogP contribution in [0.1, 0.15) is 20.3 Å². The number of hydrogen-bond acceptors (Lipinski definition) is 3. The van der Waals surface area contributed by atoms with Crippen LogP contribution in [-0.4, -0.2) is 30.2 Å². The van der Waals surface area contributed by atoms with E-state index < -0.39 is 11.9 Å². The Kier molecular flexibility index (Phi) is 10.8. The van der Waals surface area contributed by atoms with Gasteiger partial charge in [-0.25, -0.2) is 0 Å². The topological polar surface area (TPSA) is 38.7 Å². The standard InChI is InChI=1S/C11H20O3.Ti/c1-5-8-13-11(7-3,10(4)12)14-9-6-2;/h5-6,10,12H,1-2,7-9H2,3-4H3;. The number of aliphatic hydroxyl groups excluding tert-OH is 1. The predicted molar refractivity (Wildman–Crippen MR) is 57.0 cm³/mol. The molecule has 3 nitrogen and oxygen atoms in total. The van der Waals surface area contributed by atoms with Crippen LogP contribution >= 0.6 is 0 Å². The molecule has 15 heavy (non-hydrogen) atoms. The third-order valence-electron chi connectivity index (χ3n) is 2.02. The molecule has 1 atom stereocenters. The molecule has 0 aromatic heterocycles. The van der Waals surface area contributed by atoms with Crippen molar-refractivity contribution >= 4 is 0 Å². The van der Waals surface area contributed by atoms with Gasteiger partial charge < -0.3 is 14.6 Å². The Morgan fingerprint density at radius 3 is 1.87 bits per heavy atom. The second kappa shape index (κ2) is 9.31. The zero-order chi connectivity index (χ0) is 11.0. The summed E-state index contributed by atoms with van der Waals surface area (Å²) in [6, 6.07) is 0. The average Bonchev–Trinajstić information content (AvgIpc) is 2.18. The molecule has 1 unspecified atom stereocenters. The molecule has 0 bridgehead atoms. The maximum absolute atomic E-state index is 9.60. The van der Waals surface area contributed by atoms with Gasteiger partial charge in [0, 0.05) is 28.1 Å². The predicted octanol–water partition coefficient (Wildman–Crippen LogP) is 1.88. The first-order chi connectivity index (χ1) is 6.63. The van der Waals surface area contributed by atoms with Gasteiger partial charge in [-0.05, 0) is 6.92 Å². The van der Waals surface area contributed by atoms with E-state index in [0.29, 0.717) is 19.6 Å². The first kappa shape index (κ1) is 17.5. The monoisotopic (exact) mass is 248 g/mol. The molecule has 0 aliphatic rings. The van der Waals surface area contributed by atoms with Gasteiger partial charge in [0.2, 0.25) is 0 Å². The quantitative estimate of drug-likeness (QED) is 0.405. The van der Waals surface area contributed by atoms with Gasteiger partial charge in [-0.1, -0.05) is 19.1 Å². The van der Waals surface area contributed by atoms with Crippen LogP contribution in [0, 0.1) is 0 Å². The van der Waals surface area contributed by atoms with Crippen molar-refractivity contribution in [2.24, 2.45) is 0 Å². The van der Waals surface area contributed by atoms with Crippen LogP contribution in [0.3, 0.4) is 0 Å². The van der Waals surface area contributed by atoms with E-state index in [-0.39, 0.29) is 21.7 Å². The van der Waals surface area contributed by atoms with E-state index in [4.69, 9.17) is 9.47 Å². The number of hydrogen-bond donors (Lipinski definition) is 1. The average molecular weight is 248 g/mol. The fraction of sp³-hybridized carbons (Fsp3) is 0.636. The van der Waals surface area contributed by atoms with E-state index in [1.165, 1.54) is 0 Å². The van der Waals surface area contributed by atoms with Gasteiger partial charge in [-0.3, -0.25) is 0 Å². The molecule has 4 heteroatoms. The van der Waals surface area contributed by atoms with Crippen LogP contribution in [0.4, 0.5) is 0 Å². The van der Waals surface area contributed by atoms with Gasteiger partial charge in [0.05, 0.1) is 13.2 Å². The largest absolute Gasteiger partial charge is 0.388 e. The Labute approximate surface area is 107 Å². The van der Waals surface area contributed by atoms with Crippen LogP contribution in [0.2, 0.25) is 0 Å². The van der Waals surface area contributed by atoms with Gasteiger partial charge in [0.1, 0.15) is 6.10 Å². The summed E-state index contributed by atoms with van der Waals surface area (Å²) in [5.41, 5.74) is 0. The molecular weight excluding hydrogens is 228 g/mol. The number of rotatable bonds is 8. The summed E-state index contributed by atoms with van der Waals surface area (Å²) in [5.74, 6) is -0.942. The van der Waals surface area contributed by atoms with Gasteiger partial charge in [0.15, 0.2) is 5.79 Å². The van der Waals surface area contributed by atoms with Crippen LogP contribution in [-0.2, 0) is 31.2 Å². The molecule has 0 saturated carbocycles. The summed E-state index contributed by atoms with van der Waals surface area (Å²) >= 11 is 0. The number of aliphatic hydroxyl groups is 1. The minimum Gasteiger partial charge on any atom is -0.388 e. The van der Waals surface area contributed by atoms with Gasteiger partial charge in [-0.15, -0.1) is 13.2 Å². The fourth-order valence-corrected chi connectivity index (χ4v) is 1.18. The Morgan fingerprint density at radius 1 is 1.27 bits per heavy atom. The minimum atomic E-state index is -0.942. The van der Waals surface area contributed by atoms with Crippen LogP contribution in [0.5, 0.6) is 0 Å². The van der Waals surface area contributed by atoms with Crippen molar-refractivity contribution in [3.63, 3.8) is 0 Å². The van der Waals surface area contributed by atoms with Crippen molar-refractivity contribution in [3.05, 3.63) is 25.3 Å². The van der Waals surface area contributed by atoms with Crippen molar-refractivity contribution < 1.29 is 36.3 Å². The van der Waals surface area contributed by atoms with E-state index in [0.717, 1.165) is 0 Å². The van der Waals surface area contributed by atoms with Crippen molar-refractivity contribution in [3.8, 4) is 0 Å². The second-order valence-electron chi connectivity index (χ2n) is 3.04.